The molecule has 9 heteroatoms. The minimum atomic E-state index is -0.408. The third-order valence-corrected chi connectivity index (χ3v) is 7.34. The van der Waals surface area contributed by atoms with Crippen molar-refractivity contribution >= 4 is 56.0 Å². The van der Waals surface area contributed by atoms with Gasteiger partial charge >= 0.3 is 0 Å². The lowest BCUT2D eigenvalue weighted by atomic mass is 10.1. The summed E-state index contributed by atoms with van der Waals surface area (Å²) in [5.74, 6) is -1.04. The molecule has 158 valence electrons. The lowest BCUT2D eigenvalue weighted by molar-refractivity contribution is -0.131. The van der Waals surface area contributed by atoms with Gasteiger partial charge in [0.05, 0.1) is 26.4 Å². The largest absolute Gasteiger partial charge is 0.345 e. The highest BCUT2D eigenvalue weighted by atomic mass is 35.5. The highest BCUT2D eigenvalue weighted by Crippen LogP contribution is 2.35. The molecule has 1 aromatic heterocycles. The molecule has 0 saturated carbocycles. The number of aryl methyl sites for hydroxylation is 1. The van der Waals surface area contributed by atoms with Crippen LogP contribution < -0.4 is 4.90 Å². The number of hydrogen-bond acceptors (Lipinski definition) is 6. The SMILES string of the molecule is Cc1ccc(Cl)c2sc(N3CCN(C(=O)CN4C(=O)c5ccccc5C4=O)CC3)nc12. The van der Waals surface area contributed by atoms with E-state index >= 15 is 0 Å². The molecule has 0 aliphatic carbocycles. The van der Waals surface area contributed by atoms with Gasteiger partial charge in [-0.3, -0.25) is 19.3 Å². The molecule has 7 nitrogen and oxygen atoms in total. The molecule has 31 heavy (non-hydrogen) atoms. The summed E-state index contributed by atoms with van der Waals surface area (Å²) in [6, 6.07) is 10.5. The maximum atomic E-state index is 12.8. The number of hydrogen-bond donors (Lipinski definition) is 0. The van der Waals surface area contributed by atoms with Crippen molar-refractivity contribution in [2.24, 2.45) is 0 Å². The van der Waals surface area contributed by atoms with Crippen molar-refractivity contribution in [1.29, 1.82) is 0 Å². The van der Waals surface area contributed by atoms with E-state index in [1.807, 2.05) is 19.1 Å². The van der Waals surface area contributed by atoms with E-state index in [0.717, 1.165) is 25.8 Å². The summed E-state index contributed by atoms with van der Waals surface area (Å²) in [6.45, 7) is 4.05. The molecule has 2 aliphatic heterocycles. The lowest BCUT2D eigenvalue weighted by Crippen LogP contribution is -2.51. The Morgan fingerprint density at radius 2 is 1.68 bits per heavy atom. The molecule has 0 spiro atoms. The third kappa shape index (κ3) is 3.36. The van der Waals surface area contributed by atoms with Gasteiger partial charge in [0.15, 0.2) is 5.13 Å². The van der Waals surface area contributed by atoms with Gasteiger partial charge in [-0.2, -0.15) is 0 Å². The quantitative estimate of drug-likeness (QED) is 0.568. The molecule has 0 unspecified atom stereocenters. The number of carbonyl (C=O) groups is 3. The molecule has 2 aliphatic rings. The van der Waals surface area contributed by atoms with Crippen LogP contribution in [0.3, 0.4) is 0 Å². The van der Waals surface area contributed by atoms with Crippen molar-refractivity contribution in [1.82, 2.24) is 14.8 Å². The van der Waals surface area contributed by atoms with Crippen molar-refractivity contribution < 1.29 is 14.4 Å². The fourth-order valence-electron chi connectivity index (χ4n) is 3.99. The Morgan fingerprint density at radius 1 is 1.03 bits per heavy atom. The molecule has 3 heterocycles. The molecule has 1 fully saturated rings. The topological polar surface area (TPSA) is 73.8 Å². The molecular weight excluding hydrogens is 436 g/mol. The predicted molar refractivity (Wildman–Crippen MR) is 120 cm³/mol. The van der Waals surface area contributed by atoms with Crippen LogP contribution in [0.25, 0.3) is 10.2 Å². The molecule has 0 bridgehead atoms. The second-order valence-electron chi connectivity index (χ2n) is 7.65. The first-order valence-corrected chi connectivity index (χ1v) is 11.2. The van der Waals surface area contributed by atoms with Crippen LogP contribution in [0.4, 0.5) is 5.13 Å². The van der Waals surface area contributed by atoms with Crippen LogP contribution in [0.15, 0.2) is 36.4 Å². The number of carbonyl (C=O) groups excluding carboxylic acids is 3. The first-order chi connectivity index (χ1) is 14.9. The molecule has 5 rings (SSSR count). The van der Waals surface area contributed by atoms with E-state index < -0.39 is 11.8 Å². The Kier molecular flexibility index (Phi) is 4.91. The maximum absolute atomic E-state index is 12.8. The van der Waals surface area contributed by atoms with E-state index in [0.29, 0.717) is 42.3 Å². The van der Waals surface area contributed by atoms with Crippen molar-refractivity contribution in [3.8, 4) is 0 Å². The normalized spacial score (nSPS) is 16.4. The lowest BCUT2D eigenvalue weighted by Gasteiger charge is -2.35. The average molecular weight is 455 g/mol. The number of thiazole rings is 1. The van der Waals surface area contributed by atoms with Gasteiger partial charge in [-0.25, -0.2) is 4.98 Å². The summed E-state index contributed by atoms with van der Waals surface area (Å²) in [5.41, 5.74) is 2.71. The van der Waals surface area contributed by atoms with Crippen LogP contribution >= 0.6 is 22.9 Å². The minimum absolute atomic E-state index is 0.225. The number of fused-ring (bicyclic) bond motifs is 2. The molecule has 0 N–H and O–H groups in total. The number of rotatable bonds is 3. The van der Waals surface area contributed by atoms with Gasteiger partial charge in [0.1, 0.15) is 6.54 Å². The molecule has 0 atom stereocenters. The third-order valence-electron chi connectivity index (χ3n) is 5.76. The van der Waals surface area contributed by atoms with Crippen molar-refractivity contribution in [2.45, 2.75) is 6.92 Å². The van der Waals surface area contributed by atoms with Gasteiger partial charge < -0.3 is 9.80 Å². The molecule has 3 aromatic rings. The Labute approximate surface area is 187 Å². The second kappa shape index (κ2) is 7.62. The molecule has 3 amide bonds. The van der Waals surface area contributed by atoms with Crippen LogP contribution in [0.2, 0.25) is 5.02 Å². The van der Waals surface area contributed by atoms with E-state index in [-0.39, 0.29) is 12.5 Å². The summed E-state index contributed by atoms with van der Waals surface area (Å²) in [6.07, 6.45) is 0. The molecule has 0 radical (unpaired) electrons. The van der Waals surface area contributed by atoms with Crippen molar-refractivity contribution in [2.75, 3.05) is 37.6 Å². The maximum Gasteiger partial charge on any atom is 0.262 e. The number of halogens is 1. The highest BCUT2D eigenvalue weighted by molar-refractivity contribution is 7.22. The van der Waals surface area contributed by atoms with Gasteiger partial charge in [0.2, 0.25) is 5.91 Å². The monoisotopic (exact) mass is 454 g/mol. The van der Waals surface area contributed by atoms with Gasteiger partial charge in [0.25, 0.3) is 11.8 Å². The van der Waals surface area contributed by atoms with Crippen molar-refractivity contribution in [3.05, 3.63) is 58.1 Å². The molecular formula is C22H19ClN4O3S. The smallest absolute Gasteiger partial charge is 0.262 e. The van der Waals surface area contributed by atoms with Crippen LogP contribution in [-0.2, 0) is 4.79 Å². The Bertz CT molecular complexity index is 1160. The Balaban J connectivity index is 1.25. The number of anilines is 1. The predicted octanol–water partition coefficient (Wildman–Crippen LogP) is 3.20. The number of piperazine rings is 1. The average Bonchev–Trinajstić information content (AvgIpc) is 3.34. The van der Waals surface area contributed by atoms with E-state index in [2.05, 4.69) is 4.90 Å². The summed E-state index contributed by atoms with van der Waals surface area (Å²) < 4.78 is 0.973. The summed E-state index contributed by atoms with van der Waals surface area (Å²) >= 11 is 7.88. The van der Waals surface area contributed by atoms with Crippen LogP contribution in [-0.4, -0.2) is 65.2 Å². The summed E-state index contributed by atoms with van der Waals surface area (Å²) in [5, 5.41) is 1.58. The molecule has 1 saturated heterocycles. The molecule has 2 aromatic carbocycles. The van der Waals surface area contributed by atoms with Crippen LogP contribution in [0.1, 0.15) is 26.3 Å². The standard InChI is InChI=1S/C22H19ClN4O3S/c1-13-6-7-16(23)19-18(13)24-22(31-19)26-10-8-25(9-11-26)17(28)12-27-20(29)14-4-2-3-5-15(14)21(27)30/h2-7H,8-12H2,1H3. The Hall–Kier alpha value is -2.97. The fraction of sp³-hybridized carbons (Fsp3) is 0.273. The van der Waals surface area contributed by atoms with E-state index in [1.165, 1.54) is 0 Å². The zero-order valence-electron chi connectivity index (χ0n) is 16.8. The summed E-state index contributed by atoms with van der Waals surface area (Å²) in [7, 11) is 0. The second-order valence-corrected chi connectivity index (χ2v) is 9.03. The fourth-order valence-corrected chi connectivity index (χ4v) is 5.36. The first-order valence-electron chi connectivity index (χ1n) is 9.97. The zero-order chi connectivity index (χ0) is 21.7. The first kappa shape index (κ1) is 20.0. The number of imide groups is 1. The number of nitrogens with zero attached hydrogens (tertiary/aromatic N) is 4. The van der Waals surface area contributed by atoms with Crippen molar-refractivity contribution in [3.63, 3.8) is 0 Å². The summed E-state index contributed by atoms with van der Waals surface area (Å²) in [4.78, 5) is 47.5. The van der Waals surface area contributed by atoms with Gasteiger partial charge in [-0.05, 0) is 30.7 Å². The zero-order valence-corrected chi connectivity index (χ0v) is 18.4. The van der Waals surface area contributed by atoms with Crippen LogP contribution in [0, 0.1) is 6.92 Å². The number of aromatic nitrogens is 1. The Morgan fingerprint density at radius 3 is 2.29 bits per heavy atom. The number of benzene rings is 2. The van der Waals surface area contributed by atoms with Gasteiger partial charge in [-0.15, -0.1) is 0 Å². The van der Waals surface area contributed by atoms with Gasteiger partial charge in [-0.1, -0.05) is 41.1 Å². The van der Waals surface area contributed by atoms with E-state index in [9.17, 15) is 14.4 Å². The minimum Gasteiger partial charge on any atom is -0.345 e. The number of amides is 3. The van der Waals surface area contributed by atoms with Gasteiger partial charge in [0, 0.05) is 26.2 Å². The highest BCUT2D eigenvalue weighted by Gasteiger charge is 2.37. The van der Waals surface area contributed by atoms with Crippen LogP contribution in [0.5, 0.6) is 0 Å². The van der Waals surface area contributed by atoms with E-state index in [4.69, 9.17) is 16.6 Å². The van der Waals surface area contributed by atoms with E-state index in [1.54, 1.807) is 40.5 Å².